The topological polar surface area (TPSA) is 117 Å². The van der Waals surface area contributed by atoms with E-state index in [-0.39, 0.29) is 59.3 Å². The van der Waals surface area contributed by atoms with Gasteiger partial charge in [-0.1, -0.05) is 53.3 Å². The largest absolute Gasteiger partial charge is 0.468 e. The van der Waals surface area contributed by atoms with E-state index in [1.807, 2.05) is 0 Å². The van der Waals surface area contributed by atoms with Gasteiger partial charge in [0.25, 0.3) is 0 Å². The van der Waals surface area contributed by atoms with E-state index in [9.17, 15) is 18.0 Å². The molecule has 3 aliphatic rings. The Hall–Kier alpha value is -1.88. The van der Waals surface area contributed by atoms with Gasteiger partial charge in [0, 0.05) is 25.3 Å². The number of carbonyl (C=O) groups excluding carboxylic acids is 1. The van der Waals surface area contributed by atoms with E-state index in [1.54, 1.807) is 0 Å². The summed E-state index contributed by atoms with van der Waals surface area (Å²) in [5.41, 5.74) is 1.47. The van der Waals surface area contributed by atoms with Crippen LogP contribution in [0.1, 0.15) is 54.4 Å². The lowest BCUT2D eigenvalue weighted by Gasteiger charge is -2.46. The number of aliphatic imine (C=N–C) groups is 1. The molecule has 4 atom stereocenters. The van der Waals surface area contributed by atoms with Crippen molar-refractivity contribution in [3.8, 4) is 0 Å². The molecule has 1 aliphatic carbocycles. The Labute approximate surface area is 229 Å². The molecule has 0 saturated carbocycles. The zero-order chi connectivity index (χ0) is 25.8. The molecule has 0 radical (unpaired) electrons. The smallest absolute Gasteiger partial charge is 0.422 e. The molecule has 3 rings (SSSR count). The van der Waals surface area contributed by atoms with Crippen molar-refractivity contribution in [2.75, 3.05) is 26.2 Å². The fraction of sp³-hybridized carbons (Fsp3) is 0.704. The normalized spacial score (nSPS) is 25.7. The van der Waals surface area contributed by atoms with Gasteiger partial charge in [-0.05, 0) is 54.7 Å². The summed E-state index contributed by atoms with van der Waals surface area (Å²) in [6, 6.07) is -0.0408. The standard InChI is InChI=1S/C26H37ClF3N3O2.CH4.2H2O/c1-17(2)22(32-24(34)19-7-10-23(31-13-19)35-16-26(28,29)30)14-33-12-11-21(25(3,4)15-33)18-5-8-20(27)9-6-18;;;/h5-6,8,10,13,17,19-22H,7,9,11-12,14-16H2,1-4H3,(H,32,34);1H4;2*1H2/t19?,20?,21-,22+;;;/m1.../s1. The molecule has 0 aromatic rings. The van der Waals surface area contributed by atoms with Crippen LogP contribution < -0.4 is 5.32 Å². The van der Waals surface area contributed by atoms with Crippen molar-refractivity contribution in [2.24, 2.45) is 28.2 Å². The van der Waals surface area contributed by atoms with Crippen LogP contribution in [0.4, 0.5) is 13.2 Å². The molecule has 11 heteroatoms. The minimum absolute atomic E-state index is 0. The Morgan fingerprint density at radius 1 is 1.26 bits per heavy atom. The van der Waals surface area contributed by atoms with Crippen molar-refractivity contribution >= 4 is 23.7 Å². The van der Waals surface area contributed by atoms with Crippen LogP contribution in [0.2, 0.25) is 0 Å². The number of ether oxygens (including phenoxy) is 1. The van der Waals surface area contributed by atoms with Crippen molar-refractivity contribution in [3.63, 3.8) is 0 Å². The molecule has 0 aromatic heterocycles. The van der Waals surface area contributed by atoms with E-state index in [1.165, 1.54) is 17.9 Å². The second kappa shape index (κ2) is 15.1. The highest BCUT2D eigenvalue weighted by Gasteiger charge is 2.38. The lowest BCUT2D eigenvalue weighted by atomic mass is 9.69. The van der Waals surface area contributed by atoms with E-state index in [4.69, 9.17) is 11.6 Å². The van der Waals surface area contributed by atoms with Crippen LogP contribution in [-0.2, 0) is 9.53 Å². The molecule has 7 nitrogen and oxygen atoms in total. The average Bonchev–Trinajstić information content (AvgIpc) is 2.77. The summed E-state index contributed by atoms with van der Waals surface area (Å²) in [5, 5.41) is 3.24. The first kappa shape index (κ1) is 36.1. The van der Waals surface area contributed by atoms with Gasteiger partial charge in [-0.3, -0.25) is 4.79 Å². The Morgan fingerprint density at radius 2 is 1.95 bits per heavy atom. The first-order valence-electron chi connectivity index (χ1n) is 12.3. The summed E-state index contributed by atoms with van der Waals surface area (Å²) in [4.78, 5) is 19.2. The van der Waals surface area contributed by atoms with Gasteiger partial charge >= 0.3 is 6.18 Å². The van der Waals surface area contributed by atoms with Crippen LogP contribution in [0.15, 0.2) is 40.8 Å². The quantitative estimate of drug-likeness (QED) is 0.436. The highest BCUT2D eigenvalue weighted by Crippen LogP contribution is 2.41. The molecule has 2 aliphatic heterocycles. The molecular formula is C27H45ClF3N3O4. The number of amides is 1. The SMILES string of the molecule is C.CC(C)[C@H](CN1CC[C@H](C2=CCC(Cl)C=C2)C(C)(C)C1)NC(=O)C1C=NC(OCC(F)(F)F)=CC1.O.O. The first-order chi connectivity index (χ1) is 16.3. The Bertz CT molecular complexity index is 887. The molecule has 38 heavy (non-hydrogen) atoms. The van der Waals surface area contributed by atoms with Gasteiger partial charge in [0.2, 0.25) is 11.8 Å². The highest BCUT2D eigenvalue weighted by atomic mass is 35.5. The molecule has 5 N–H and O–H groups in total. The minimum Gasteiger partial charge on any atom is -0.468 e. The van der Waals surface area contributed by atoms with Gasteiger partial charge in [0.15, 0.2) is 6.61 Å². The molecule has 0 aromatic carbocycles. The van der Waals surface area contributed by atoms with Crippen LogP contribution >= 0.6 is 11.6 Å². The fourth-order valence-corrected chi connectivity index (χ4v) is 5.20. The number of carbonyl (C=O) groups is 1. The Kier molecular flexibility index (Phi) is 14.3. The summed E-state index contributed by atoms with van der Waals surface area (Å²) in [7, 11) is 0. The number of piperidine rings is 1. The number of hydrogen-bond donors (Lipinski definition) is 1. The molecule has 1 fully saturated rings. The van der Waals surface area contributed by atoms with E-state index in [0.717, 1.165) is 32.5 Å². The molecule has 220 valence electrons. The van der Waals surface area contributed by atoms with Crippen molar-refractivity contribution in [1.82, 2.24) is 10.2 Å². The number of nitrogens with one attached hydrogen (secondary N) is 1. The monoisotopic (exact) mass is 567 g/mol. The molecule has 0 spiro atoms. The molecule has 1 saturated heterocycles. The maximum Gasteiger partial charge on any atom is 0.422 e. The summed E-state index contributed by atoms with van der Waals surface area (Å²) in [6.07, 6.45) is 7.12. The number of nitrogens with zero attached hydrogens (tertiary/aromatic N) is 2. The summed E-state index contributed by atoms with van der Waals surface area (Å²) >= 11 is 6.20. The maximum atomic E-state index is 12.9. The van der Waals surface area contributed by atoms with Gasteiger partial charge in [0.1, 0.15) is 0 Å². The third-order valence-corrected chi connectivity index (χ3v) is 7.35. The third kappa shape index (κ3) is 10.4. The number of alkyl halides is 4. The Morgan fingerprint density at radius 3 is 2.45 bits per heavy atom. The summed E-state index contributed by atoms with van der Waals surface area (Å²) in [5.74, 6) is -0.0777. The molecule has 0 bridgehead atoms. The van der Waals surface area contributed by atoms with E-state index >= 15 is 0 Å². The van der Waals surface area contributed by atoms with Gasteiger partial charge in [0.05, 0.1) is 11.3 Å². The Balaban J connectivity index is 0.00000456. The second-order valence-corrected chi connectivity index (χ2v) is 11.4. The molecular weight excluding hydrogens is 523 g/mol. The molecule has 1 amide bonds. The van der Waals surface area contributed by atoms with Gasteiger partial charge in [-0.25, -0.2) is 4.99 Å². The van der Waals surface area contributed by atoms with Crippen LogP contribution in [0.5, 0.6) is 0 Å². The third-order valence-electron chi connectivity index (χ3n) is 7.02. The predicted octanol–water partition coefficient (Wildman–Crippen LogP) is 4.47. The van der Waals surface area contributed by atoms with Gasteiger partial charge in [-0.2, -0.15) is 13.2 Å². The highest BCUT2D eigenvalue weighted by molar-refractivity contribution is 6.22. The van der Waals surface area contributed by atoms with Crippen LogP contribution in [0.3, 0.4) is 0 Å². The lowest BCUT2D eigenvalue weighted by molar-refractivity contribution is -0.165. The predicted molar refractivity (Wildman–Crippen MR) is 147 cm³/mol. The number of allylic oxidation sites excluding steroid dienone is 5. The average molecular weight is 568 g/mol. The number of likely N-dealkylation sites (tertiary alicyclic amines) is 1. The van der Waals surface area contributed by atoms with Crippen LogP contribution in [0.25, 0.3) is 0 Å². The zero-order valence-electron chi connectivity index (χ0n) is 21.9. The number of rotatable bonds is 8. The summed E-state index contributed by atoms with van der Waals surface area (Å²) in [6.45, 7) is 10.0. The van der Waals surface area contributed by atoms with Crippen molar-refractivity contribution in [3.05, 3.63) is 35.8 Å². The van der Waals surface area contributed by atoms with Crippen LogP contribution in [0, 0.1) is 23.2 Å². The molecule has 2 heterocycles. The minimum atomic E-state index is -4.42. The van der Waals surface area contributed by atoms with Crippen molar-refractivity contribution in [2.45, 2.75) is 72.0 Å². The molecule has 2 unspecified atom stereocenters. The van der Waals surface area contributed by atoms with Gasteiger partial charge < -0.3 is 25.9 Å². The number of halogens is 4. The van der Waals surface area contributed by atoms with Crippen molar-refractivity contribution < 1.29 is 33.7 Å². The first-order valence-corrected chi connectivity index (χ1v) is 12.8. The van der Waals surface area contributed by atoms with Crippen LogP contribution in [-0.4, -0.2) is 71.8 Å². The summed E-state index contributed by atoms with van der Waals surface area (Å²) < 4.78 is 41.6. The lowest BCUT2D eigenvalue weighted by Crippen LogP contribution is -2.53. The van der Waals surface area contributed by atoms with E-state index < -0.39 is 18.7 Å². The second-order valence-electron chi connectivity index (χ2n) is 10.8. The van der Waals surface area contributed by atoms with E-state index in [0.29, 0.717) is 5.92 Å². The maximum absolute atomic E-state index is 12.9. The van der Waals surface area contributed by atoms with Gasteiger partial charge in [-0.15, -0.1) is 11.6 Å². The van der Waals surface area contributed by atoms with E-state index in [2.05, 4.69) is 65.9 Å². The van der Waals surface area contributed by atoms with Crippen molar-refractivity contribution in [1.29, 1.82) is 0 Å². The zero-order valence-corrected chi connectivity index (χ0v) is 22.7. The number of hydrogen-bond acceptors (Lipinski definition) is 4. The fourth-order valence-electron chi connectivity index (χ4n) is 5.03.